The normalized spacial score (nSPS) is 12.4. The molecule has 160 valence electrons. The minimum Gasteiger partial charge on any atom is -0.356 e. The van der Waals surface area contributed by atoms with Gasteiger partial charge >= 0.3 is 6.18 Å². The third-order valence-electron chi connectivity index (χ3n) is 4.45. The summed E-state index contributed by atoms with van der Waals surface area (Å²) in [5, 5.41) is 7.85. The largest absolute Gasteiger partial charge is 0.434 e. The lowest BCUT2D eigenvalue weighted by atomic mass is 10.1. The fraction of sp³-hybridized carbons (Fsp3) is 0.500. The predicted molar refractivity (Wildman–Crippen MR) is 112 cm³/mol. The van der Waals surface area contributed by atoms with Crippen molar-refractivity contribution in [2.75, 3.05) is 26.7 Å². The smallest absolute Gasteiger partial charge is 0.356 e. The molecule has 0 fully saturated rings. The Labute approximate surface area is 174 Å². The number of nitrogens with one attached hydrogen (secondary N) is 2. The van der Waals surface area contributed by atoms with Gasteiger partial charge in [0.15, 0.2) is 11.7 Å². The van der Waals surface area contributed by atoms with Gasteiger partial charge in [0.1, 0.15) is 0 Å². The van der Waals surface area contributed by atoms with Crippen LogP contribution < -0.4 is 10.6 Å². The number of hydrogen-bond donors (Lipinski definition) is 2. The Bertz CT molecular complexity index is 784. The quantitative estimate of drug-likeness (QED) is 0.471. The van der Waals surface area contributed by atoms with Crippen LogP contribution in [0.3, 0.4) is 0 Å². The van der Waals surface area contributed by atoms with Crippen LogP contribution in [0.5, 0.6) is 0 Å². The van der Waals surface area contributed by atoms with Crippen molar-refractivity contribution in [3.63, 3.8) is 0 Å². The van der Waals surface area contributed by atoms with Crippen LogP contribution in [0.1, 0.15) is 35.7 Å². The molecule has 0 aliphatic carbocycles. The average Bonchev–Trinajstić information content (AvgIpc) is 3.18. The van der Waals surface area contributed by atoms with Gasteiger partial charge in [-0.1, -0.05) is 38.1 Å². The topological polar surface area (TPSA) is 52.5 Å². The van der Waals surface area contributed by atoms with E-state index in [1.165, 1.54) is 5.56 Å². The van der Waals surface area contributed by atoms with Crippen molar-refractivity contribution < 1.29 is 13.2 Å². The van der Waals surface area contributed by atoms with E-state index in [1.54, 1.807) is 7.05 Å². The molecule has 0 amide bonds. The number of halogens is 3. The van der Waals surface area contributed by atoms with Gasteiger partial charge in [0, 0.05) is 38.5 Å². The number of thiazole rings is 1. The summed E-state index contributed by atoms with van der Waals surface area (Å²) in [6.45, 7) is 8.31. The predicted octanol–water partition coefficient (Wildman–Crippen LogP) is 3.91. The zero-order chi connectivity index (χ0) is 21.3. The maximum Gasteiger partial charge on any atom is 0.434 e. The van der Waals surface area contributed by atoms with E-state index < -0.39 is 11.9 Å². The zero-order valence-electron chi connectivity index (χ0n) is 17.0. The lowest BCUT2D eigenvalue weighted by Gasteiger charge is -2.18. The minimum absolute atomic E-state index is 0.404. The standard InChI is InChI=1S/C20H28F3N5S/c1-4-28(5-2)13-16-8-6-7-15(11-16)12-26-19(24-3)25-10-9-18-27-17(14-29-18)20(21,22)23/h6-8,11,14H,4-5,9-10,12-13H2,1-3H3,(H2,24,25,26). The number of benzene rings is 1. The molecule has 29 heavy (non-hydrogen) atoms. The molecular formula is C20H28F3N5S. The van der Waals surface area contributed by atoms with Crippen LogP contribution in [0.15, 0.2) is 34.6 Å². The summed E-state index contributed by atoms with van der Waals surface area (Å²) in [5.74, 6) is 0.603. The molecule has 0 aliphatic heterocycles. The van der Waals surface area contributed by atoms with E-state index in [4.69, 9.17) is 0 Å². The highest BCUT2D eigenvalue weighted by Gasteiger charge is 2.33. The van der Waals surface area contributed by atoms with Gasteiger partial charge in [-0.25, -0.2) is 4.98 Å². The molecule has 0 atom stereocenters. The maximum atomic E-state index is 12.6. The third-order valence-corrected chi connectivity index (χ3v) is 5.36. The number of aromatic nitrogens is 1. The monoisotopic (exact) mass is 427 g/mol. The summed E-state index contributed by atoms with van der Waals surface area (Å²) in [6.07, 6.45) is -3.99. The van der Waals surface area contributed by atoms with Crippen molar-refractivity contribution in [3.05, 3.63) is 51.5 Å². The van der Waals surface area contributed by atoms with Crippen LogP contribution in [-0.4, -0.2) is 42.5 Å². The summed E-state index contributed by atoms with van der Waals surface area (Å²) < 4.78 is 37.8. The van der Waals surface area contributed by atoms with Gasteiger partial charge in [0.2, 0.25) is 0 Å². The summed E-state index contributed by atoms with van der Waals surface area (Å²) in [5.41, 5.74) is 1.58. The van der Waals surface area contributed by atoms with Crippen molar-refractivity contribution >= 4 is 17.3 Å². The summed E-state index contributed by atoms with van der Waals surface area (Å²) >= 11 is 1.02. The highest BCUT2D eigenvalue weighted by atomic mass is 32.1. The molecule has 0 unspecified atom stereocenters. The number of alkyl halides is 3. The van der Waals surface area contributed by atoms with Gasteiger partial charge in [-0.15, -0.1) is 11.3 Å². The molecule has 0 spiro atoms. The molecular weight excluding hydrogens is 399 g/mol. The van der Waals surface area contributed by atoms with Gasteiger partial charge in [0.05, 0.1) is 5.01 Å². The lowest BCUT2D eigenvalue weighted by Crippen LogP contribution is -2.37. The first kappa shape index (κ1) is 23.2. The average molecular weight is 428 g/mol. The second-order valence-corrected chi connectivity index (χ2v) is 7.45. The molecule has 2 aromatic rings. The number of nitrogens with zero attached hydrogens (tertiary/aromatic N) is 3. The van der Waals surface area contributed by atoms with Crippen LogP contribution in [0.2, 0.25) is 0 Å². The van der Waals surface area contributed by atoms with Gasteiger partial charge in [-0.3, -0.25) is 9.89 Å². The number of hydrogen-bond acceptors (Lipinski definition) is 4. The van der Waals surface area contributed by atoms with Crippen molar-refractivity contribution in [1.82, 2.24) is 20.5 Å². The van der Waals surface area contributed by atoms with Crippen LogP contribution in [-0.2, 0) is 25.7 Å². The SMILES string of the molecule is CCN(CC)Cc1cccc(CNC(=NC)NCCc2nc(C(F)(F)F)cs2)c1. The van der Waals surface area contributed by atoms with Crippen LogP contribution in [0.25, 0.3) is 0 Å². The van der Waals surface area contributed by atoms with Crippen molar-refractivity contribution in [1.29, 1.82) is 0 Å². The number of rotatable bonds is 9. The van der Waals surface area contributed by atoms with Crippen LogP contribution >= 0.6 is 11.3 Å². The van der Waals surface area contributed by atoms with Crippen LogP contribution in [0, 0.1) is 0 Å². The molecule has 5 nitrogen and oxygen atoms in total. The molecule has 1 heterocycles. The van der Waals surface area contributed by atoms with E-state index in [9.17, 15) is 13.2 Å². The number of guanidine groups is 1. The Hall–Kier alpha value is -2.13. The van der Waals surface area contributed by atoms with E-state index in [0.29, 0.717) is 30.5 Å². The fourth-order valence-electron chi connectivity index (χ4n) is 2.79. The summed E-state index contributed by atoms with van der Waals surface area (Å²) in [4.78, 5) is 10.2. The second kappa shape index (κ2) is 11.2. The van der Waals surface area contributed by atoms with E-state index in [1.807, 2.05) is 6.07 Å². The third kappa shape index (κ3) is 7.66. The van der Waals surface area contributed by atoms with E-state index in [-0.39, 0.29) is 0 Å². The van der Waals surface area contributed by atoms with Gasteiger partial charge < -0.3 is 10.6 Å². The highest BCUT2D eigenvalue weighted by molar-refractivity contribution is 7.09. The van der Waals surface area contributed by atoms with Gasteiger partial charge in [0.25, 0.3) is 0 Å². The first-order valence-corrected chi connectivity index (χ1v) is 10.5. The molecule has 0 bridgehead atoms. The Balaban J connectivity index is 1.81. The Morgan fingerprint density at radius 1 is 1.17 bits per heavy atom. The first-order valence-electron chi connectivity index (χ1n) is 9.62. The first-order chi connectivity index (χ1) is 13.9. The van der Waals surface area contributed by atoms with Gasteiger partial charge in [-0.05, 0) is 24.2 Å². The molecule has 0 aliphatic rings. The molecule has 0 saturated heterocycles. The van der Waals surface area contributed by atoms with E-state index >= 15 is 0 Å². The molecule has 1 aromatic carbocycles. The van der Waals surface area contributed by atoms with Crippen molar-refractivity contribution in [2.24, 2.45) is 4.99 Å². The molecule has 2 N–H and O–H groups in total. The molecule has 0 saturated carbocycles. The molecule has 9 heteroatoms. The van der Waals surface area contributed by atoms with Gasteiger partial charge in [-0.2, -0.15) is 13.2 Å². The maximum absolute atomic E-state index is 12.6. The van der Waals surface area contributed by atoms with Crippen molar-refractivity contribution in [2.45, 2.75) is 39.5 Å². The van der Waals surface area contributed by atoms with Crippen molar-refractivity contribution in [3.8, 4) is 0 Å². The number of aliphatic imine (C=N–C) groups is 1. The zero-order valence-corrected chi connectivity index (χ0v) is 17.8. The fourth-order valence-corrected chi connectivity index (χ4v) is 3.60. The Morgan fingerprint density at radius 3 is 2.52 bits per heavy atom. The van der Waals surface area contributed by atoms with E-state index in [0.717, 1.165) is 41.9 Å². The van der Waals surface area contributed by atoms with Crippen LogP contribution in [0.4, 0.5) is 13.2 Å². The molecule has 0 radical (unpaired) electrons. The summed E-state index contributed by atoms with van der Waals surface area (Å²) in [6, 6.07) is 8.40. The summed E-state index contributed by atoms with van der Waals surface area (Å²) in [7, 11) is 1.66. The second-order valence-electron chi connectivity index (χ2n) is 6.51. The molecule has 2 rings (SSSR count). The Morgan fingerprint density at radius 2 is 1.90 bits per heavy atom. The minimum atomic E-state index is -4.39. The lowest BCUT2D eigenvalue weighted by molar-refractivity contribution is -0.140. The molecule has 1 aromatic heterocycles. The highest BCUT2D eigenvalue weighted by Crippen LogP contribution is 2.29. The Kier molecular flexibility index (Phi) is 8.91. The van der Waals surface area contributed by atoms with E-state index in [2.05, 4.69) is 57.6 Å².